The highest BCUT2D eigenvalue weighted by molar-refractivity contribution is 5.99. The van der Waals surface area contributed by atoms with E-state index in [0.717, 1.165) is 30.0 Å². The molecule has 0 fully saturated rings. The largest absolute Gasteiger partial charge is 0.416 e. The number of hydrogen-bond acceptors (Lipinski definition) is 3. The zero-order valence-electron chi connectivity index (χ0n) is 14.2. The molecule has 2 N–H and O–H groups in total. The van der Waals surface area contributed by atoms with Crippen LogP contribution >= 0.6 is 0 Å². The molecule has 8 heteroatoms. The molecule has 0 aliphatic carbocycles. The van der Waals surface area contributed by atoms with Crippen LogP contribution in [0.2, 0.25) is 0 Å². The van der Waals surface area contributed by atoms with Crippen LogP contribution in [-0.2, 0) is 11.0 Å². The number of carbonyl (C=O) groups excluding carboxylic acids is 2. The van der Waals surface area contributed by atoms with Gasteiger partial charge in [0.05, 0.1) is 12.1 Å². The first-order valence-corrected chi connectivity index (χ1v) is 7.69. The van der Waals surface area contributed by atoms with Crippen molar-refractivity contribution in [3.63, 3.8) is 0 Å². The number of alkyl halides is 3. The minimum Gasteiger partial charge on any atom is -0.378 e. The molecule has 5 nitrogen and oxygen atoms in total. The van der Waals surface area contributed by atoms with Crippen molar-refractivity contribution < 1.29 is 22.8 Å². The number of nitrogens with one attached hydrogen (secondary N) is 2. The van der Waals surface area contributed by atoms with Gasteiger partial charge in [-0.3, -0.25) is 9.59 Å². The van der Waals surface area contributed by atoms with Crippen molar-refractivity contribution >= 4 is 23.2 Å². The minimum absolute atomic E-state index is 0.0427. The molecule has 0 saturated carbocycles. The maximum atomic E-state index is 12.5. The van der Waals surface area contributed by atoms with Gasteiger partial charge in [0, 0.05) is 31.0 Å². The minimum atomic E-state index is -4.46. The Morgan fingerprint density at radius 2 is 1.54 bits per heavy atom. The molecule has 2 aromatic rings. The summed E-state index contributed by atoms with van der Waals surface area (Å²) < 4.78 is 37.5. The quantitative estimate of drug-likeness (QED) is 0.856. The first kappa shape index (κ1) is 19.3. The van der Waals surface area contributed by atoms with E-state index in [4.69, 9.17) is 0 Å². The van der Waals surface area contributed by atoms with E-state index in [-0.39, 0.29) is 12.1 Å². The molecule has 0 aliphatic heterocycles. The summed E-state index contributed by atoms with van der Waals surface area (Å²) in [6, 6.07) is 10.9. The summed E-state index contributed by atoms with van der Waals surface area (Å²) in [7, 11) is 3.79. The number of halogens is 3. The molecule has 0 heterocycles. The average Bonchev–Trinajstić information content (AvgIpc) is 2.59. The van der Waals surface area contributed by atoms with E-state index in [2.05, 4.69) is 10.6 Å². The first-order chi connectivity index (χ1) is 12.2. The van der Waals surface area contributed by atoms with Crippen LogP contribution in [-0.4, -0.2) is 32.5 Å². The predicted molar refractivity (Wildman–Crippen MR) is 93.2 cm³/mol. The van der Waals surface area contributed by atoms with Gasteiger partial charge in [-0.15, -0.1) is 0 Å². The topological polar surface area (TPSA) is 61.4 Å². The summed E-state index contributed by atoms with van der Waals surface area (Å²) in [4.78, 5) is 25.7. The molecule has 0 bridgehead atoms. The van der Waals surface area contributed by atoms with Crippen LogP contribution in [0, 0.1) is 0 Å². The lowest BCUT2D eigenvalue weighted by Gasteiger charge is -2.13. The summed E-state index contributed by atoms with van der Waals surface area (Å²) in [6.07, 6.45) is -4.46. The summed E-state index contributed by atoms with van der Waals surface area (Å²) >= 11 is 0. The van der Waals surface area contributed by atoms with Crippen molar-refractivity contribution in [3.8, 4) is 0 Å². The van der Waals surface area contributed by atoms with Gasteiger partial charge in [-0.2, -0.15) is 13.2 Å². The number of benzene rings is 2. The lowest BCUT2D eigenvalue weighted by Crippen LogP contribution is -2.32. The highest BCUT2D eigenvalue weighted by Crippen LogP contribution is 2.29. The van der Waals surface area contributed by atoms with Crippen LogP contribution in [0.3, 0.4) is 0 Å². The van der Waals surface area contributed by atoms with E-state index in [9.17, 15) is 22.8 Å². The van der Waals surface area contributed by atoms with Crippen molar-refractivity contribution in [2.24, 2.45) is 0 Å². The van der Waals surface area contributed by atoms with Gasteiger partial charge in [-0.25, -0.2) is 0 Å². The number of rotatable bonds is 5. The van der Waals surface area contributed by atoms with E-state index in [0.29, 0.717) is 5.69 Å². The highest BCUT2D eigenvalue weighted by atomic mass is 19.4. The molecule has 0 atom stereocenters. The van der Waals surface area contributed by atoms with Crippen LogP contribution in [0.15, 0.2) is 48.5 Å². The second kappa shape index (κ2) is 7.90. The van der Waals surface area contributed by atoms with E-state index in [1.165, 1.54) is 0 Å². The molecule has 0 saturated heterocycles. The molecular formula is C18H18F3N3O2. The average molecular weight is 365 g/mol. The normalized spacial score (nSPS) is 11.0. The maximum absolute atomic E-state index is 12.5. The standard InChI is InChI=1S/C18H18F3N3O2/c1-24(2)15-9-7-14(8-10-15)23-16(25)11-22-17(26)12-3-5-13(6-4-12)18(19,20)21/h3-10H,11H2,1-2H3,(H,22,26)(H,23,25). The summed E-state index contributed by atoms with van der Waals surface area (Å²) in [5.74, 6) is -1.07. The lowest BCUT2D eigenvalue weighted by atomic mass is 10.1. The number of amides is 2. The fourth-order valence-electron chi connectivity index (χ4n) is 2.12. The Bertz CT molecular complexity index is 770. The van der Waals surface area contributed by atoms with Gasteiger partial charge in [0.25, 0.3) is 5.91 Å². The molecule has 2 aromatic carbocycles. The van der Waals surface area contributed by atoms with Crippen LogP contribution in [0.5, 0.6) is 0 Å². The molecular weight excluding hydrogens is 347 g/mol. The van der Waals surface area contributed by atoms with Gasteiger partial charge in [0.1, 0.15) is 0 Å². The highest BCUT2D eigenvalue weighted by Gasteiger charge is 2.30. The molecule has 0 spiro atoms. The van der Waals surface area contributed by atoms with Crippen molar-refractivity contribution in [1.29, 1.82) is 0 Å². The Kier molecular flexibility index (Phi) is 5.86. The SMILES string of the molecule is CN(C)c1ccc(NC(=O)CNC(=O)c2ccc(C(F)(F)F)cc2)cc1. The Morgan fingerprint density at radius 3 is 2.04 bits per heavy atom. The third-order valence-corrected chi connectivity index (χ3v) is 3.55. The molecule has 0 aromatic heterocycles. The predicted octanol–water partition coefficient (Wildman–Crippen LogP) is 3.14. The Morgan fingerprint density at radius 1 is 0.962 bits per heavy atom. The Labute approximate surface area is 148 Å². The Balaban J connectivity index is 1.87. The molecule has 2 amide bonds. The fraction of sp³-hybridized carbons (Fsp3) is 0.222. The zero-order valence-corrected chi connectivity index (χ0v) is 14.2. The van der Waals surface area contributed by atoms with Crippen LogP contribution in [0.4, 0.5) is 24.5 Å². The van der Waals surface area contributed by atoms with Crippen LogP contribution in [0.1, 0.15) is 15.9 Å². The lowest BCUT2D eigenvalue weighted by molar-refractivity contribution is -0.137. The van der Waals surface area contributed by atoms with Crippen LogP contribution < -0.4 is 15.5 Å². The molecule has 0 unspecified atom stereocenters. The molecule has 0 radical (unpaired) electrons. The van der Waals surface area contributed by atoms with E-state index >= 15 is 0 Å². The van der Waals surface area contributed by atoms with Crippen LogP contribution in [0.25, 0.3) is 0 Å². The number of nitrogens with zero attached hydrogens (tertiary/aromatic N) is 1. The van der Waals surface area contributed by atoms with Gasteiger partial charge >= 0.3 is 6.18 Å². The third-order valence-electron chi connectivity index (χ3n) is 3.55. The van der Waals surface area contributed by atoms with Gasteiger partial charge < -0.3 is 15.5 Å². The summed E-state index contributed by atoms with van der Waals surface area (Å²) in [5, 5.41) is 4.99. The van der Waals surface area contributed by atoms with Gasteiger partial charge in [0.15, 0.2) is 0 Å². The van der Waals surface area contributed by atoms with Gasteiger partial charge in [-0.05, 0) is 48.5 Å². The number of anilines is 2. The van der Waals surface area contributed by atoms with Crippen molar-refractivity contribution in [1.82, 2.24) is 5.32 Å². The van der Waals surface area contributed by atoms with Crippen molar-refractivity contribution in [2.75, 3.05) is 30.9 Å². The summed E-state index contributed by atoms with van der Waals surface area (Å²) in [5.41, 5.74) is 0.747. The molecule has 26 heavy (non-hydrogen) atoms. The zero-order chi connectivity index (χ0) is 19.3. The first-order valence-electron chi connectivity index (χ1n) is 7.69. The van der Waals surface area contributed by atoms with Gasteiger partial charge in [0.2, 0.25) is 5.91 Å². The van der Waals surface area contributed by atoms with Crippen molar-refractivity contribution in [3.05, 3.63) is 59.7 Å². The molecule has 2 rings (SSSR count). The maximum Gasteiger partial charge on any atom is 0.416 e. The van der Waals surface area contributed by atoms with E-state index in [1.54, 1.807) is 12.1 Å². The third kappa shape index (κ3) is 5.23. The van der Waals surface area contributed by atoms with E-state index in [1.807, 2.05) is 31.1 Å². The monoisotopic (exact) mass is 365 g/mol. The second-order valence-electron chi connectivity index (χ2n) is 5.75. The number of carbonyl (C=O) groups is 2. The smallest absolute Gasteiger partial charge is 0.378 e. The Hall–Kier alpha value is -3.03. The van der Waals surface area contributed by atoms with Gasteiger partial charge in [-0.1, -0.05) is 0 Å². The molecule has 138 valence electrons. The van der Waals surface area contributed by atoms with E-state index < -0.39 is 23.6 Å². The van der Waals surface area contributed by atoms with Crippen molar-refractivity contribution in [2.45, 2.75) is 6.18 Å². The fourth-order valence-corrected chi connectivity index (χ4v) is 2.12. The summed E-state index contributed by atoms with van der Waals surface area (Å²) in [6.45, 7) is -0.296. The molecule has 0 aliphatic rings. The number of hydrogen-bond donors (Lipinski definition) is 2. The second-order valence-corrected chi connectivity index (χ2v) is 5.75.